The van der Waals surface area contributed by atoms with Crippen molar-refractivity contribution >= 4 is 27.3 Å². The predicted molar refractivity (Wildman–Crippen MR) is 71.4 cm³/mol. The van der Waals surface area contributed by atoms with Gasteiger partial charge in [-0.05, 0) is 28.8 Å². The Morgan fingerprint density at radius 3 is 3.12 bits per heavy atom. The van der Waals surface area contributed by atoms with E-state index in [2.05, 4.69) is 32.8 Å². The molecule has 0 N–H and O–H groups in total. The zero-order valence-corrected chi connectivity index (χ0v) is 11.8. The molecule has 2 aromatic rings. The van der Waals surface area contributed by atoms with Crippen molar-refractivity contribution in [1.29, 1.82) is 0 Å². The average Bonchev–Trinajstić information content (AvgIpc) is 2.73. The topological polar surface area (TPSA) is 47.8 Å². The first-order valence-electron chi connectivity index (χ1n) is 5.34. The van der Waals surface area contributed by atoms with Gasteiger partial charge in [-0.25, -0.2) is 9.97 Å². The molecule has 0 spiro atoms. The molecule has 4 nitrogen and oxygen atoms in total. The van der Waals surface area contributed by atoms with Crippen LogP contribution in [0.4, 0.5) is 0 Å². The second-order valence-corrected chi connectivity index (χ2v) is 5.45. The van der Waals surface area contributed by atoms with Gasteiger partial charge < -0.3 is 0 Å². The van der Waals surface area contributed by atoms with E-state index in [4.69, 9.17) is 0 Å². The van der Waals surface area contributed by atoms with E-state index in [0.717, 1.165) is 23.5 Å². The zero-order valence-electron chi connectivity index (χ0n) is 9.39. The summed E-state index contributed by atoms with van der Waals surface area (Å²) in [5, 5.41) is 3.12. The molecule has 2 heterocycles. The number of thiazole rings is 1. The van der Waals surface area contributed by atoms with Gasteiger partial charge in [0.25, 0.3) is 5.56 Å². The van der Waals surface area contributed by atoms with Gasteiger partial charge in [-0.2, -0.15) is 0 Å². The first-order valence-corrected chi connectivity index (χ1v) is 7.01. The van der Waals surface area contributed by atoms with Crippen LogP contribution in [0.5, 0.6) is 0 Å². The van der Waals surface area contributed by atoms with E-state index in [1.54, 1.807) is 15.9 Å². The van der Waals surface area contributed by atoms with Crippen molar-refractivity contribution in [3.05, 3.63) is 43.4 Å². The summed E-state index contributed by atoms with van der Waals surface area (Å²) in [4.78, 5) is 20.2. The van der Waals surface area contributed by atoms with Crippen molar-refractivity contribution in [2.24, 2.45) is 0 Å². The van der Waals surface area contributed by atoms with Crippen molar-refractivity contribution in [1.82, 2.24) is 14.5 Å². The molecule has 0 aliphatic rings. The molecule has 0 saturated carbocycles. The lowest BCUT2D eigenvalue weighted by Gasteiger charge is -2.02. The van der Waals surface area contributed by atoms with Crippen molar-refractivity contribution < 1.29 is 0 Å². The number of hydrogen-bond donors (Lipinski definition) is 0. The smallest absolute Gasteiger partial charge is 0.267 e. The van der Waals surface area contributed by atoms with Gasteiger partial charge in [0.15, 0.2) is 0 Å². The van der Waals surface area contributed by atoms with E-state index in [9.17, 15) is 4.79 Å². The molecule has 2 rings (SSSR count). The van der Waals surface area contributed by atoms with Crippen LogP contribution >= 0.6 is 27.3 Å². The van der Waals surface area contributed by atoms with E-state index >= 15 is 0 Å². The first-order chi connectivity index (χ1) is 8.20. The Balaban J connectivity index is 2.19. The second kappa shape index (κ2) is 5.55. The minimum absolute atomic E-state index is 0.0787. The van der Waals surface area contributed by atoms with Gasteiger partial charge in [-0.3, -0.25) is 9.36 Å². The normalized spacial score (nSPS) is 10.7. The standard InChI is InChI=1S/C11H12BrN3OS/c1-2-3-10-14-8(6-17-10)5-15-7-13-4-9(12)11(15)16/h4,6-7H,2-3,5H2,1H3. The minimum atomic E-state index is -0.0787. The highest BCUT2D eigenvalue weighted by Crippen LogP contribution is 2.12. The van der Waals surface area contributed by atoms with Crippen molar-refractivity contribution in [3.8, 4) is 0 Å². The third-order valence-corrected chi connectivity index (χ3v) is 3.76. The van der Waals surface area contributed by atoms with Crippen LogP contribution in [0.1, 0.15) is 24.0 Å². The highest BCUT2D eigenvalue weighted by molar-refractivity contribution is 9.10. The van der Waals surface area contributed by atoms with Crippen molar-refractivity contribution in [2.45, 2.75) is 26.3 Å². The molecule has 0 atom stereocenters. The Morgan fingerprint density at radius 2 is 2.35 bits per heavy atom. The minimum Gasteiger partial charge on any atom is -0.292 e. The monoisotopic (exact) mass is 313 g/mol. The van der Waals surface area contributed by atoms with Crippen molar-refractivity contribution in [3.63, 3.8) is 0 Å². The first kappa shape index (κ1) is 12.4. The maximum atomic E-state index is 11.8. The summed E-state index contributed by atoms with van der Waals surface area (Å²) in [6, 6.07) is 0. The SMILES string of the molecule is CCCc1nc(Cn2cncc(Br)c2=O)cs1. The Kier molecular flexibility index (Phi) is 4.06. The van der Waals surface area contributed by atoms with Crippen LogP contribution in [-0.4, -0.2) is 14.5 Å². The summed E-state index contributed by atoms with van der Waals surface area (Å²) < 4.78 is 2.03. The number of hydrogen-bond acceptors (Lipinski definition) is 4. The van der Waals surface area contributed by atoms with E-state index < -0.39 is 0 Å². The Morgan fingerprint density at radius 1 is 1.53 bits per heavy atom. The molecule has 0 aliphatic carbocycles. The van der Waals surface area contributed by atoms with Crippen LogP contribution < -0.4 is 5.56 Å². The molecular formula is C11H12BrN3OS. The van der Waals surface area contributed by atoms with Gasteiger partial charge in [0, 0.05) is 11.6 Å². The van der Waals surface area contributed by atoms with E-state index in [1.807, 2.05) is 5.38 Å². The lowest BCUT2D eigenvalue weighted by molar-refractivity contribution is 0.714. The Labute approximate surface area is 111 Å². The molecule has 0 aliphatic heterocycles. The summed E-state index contributed by atoms with van der Waals surface area (Å²) >= 11 is 4.82. The lowest BCUT2D eigenvalue weighted by atomic mass is 10.3. The summed E-state index contributed by atoms with van der Waals surface area (Å²) in [7, 11) is 0. The van der Waals surface area contributed by atoms with Gasteiger partial charge in [-0.15, -0.1) is 11.3 Å². The molecule has 0 amide bonds. The molecule has 0 saturated heterocycles. The number of rotatable bonds is 4. The molecule has 6 heteroatoms. The predicted octanol–water partition coefficient (Wildman–Crippen LogP) is 2.46. The van der Waals surface area contributed by atoms with Crippen LogP contribution in [-0.2, 0) is 13.0 Å². The summed E-state index contributed by atoms with van der Waals surface area (Å²) in [5.74, 6) is 0. The molecule has 0 bridgehead atoms. The van der Waals surface area contributed by atoms with Crippen LogP contribution in [0.2, 0.25) is 0 Å². The number of nitrogens with zero attached hydrogens (tertiary/aromatic N) is 3. The zero-order chi connectivity index (χ0) is 12.3. The highest BCUT2D eigenvalue weighted by atomic mass is 79.9. The van der Waals surface area contributed by atoms with Gasteiger partial charge in [0.1, 0.15) is 4.47 Å². The largest absolute Gasteiger partial charge is 0.292 e. The molecule has 17 heavy (non-hydrogen) atoms. The maximum absolute atomic E-state index is 11.8. The Hall–Kier alpha value is -1.01. The van der Waals surface area contributed by atoms with E-state index in [-0.39, 0.29) is 5.56 Å². The van der Waals surface area contributed by atoms with E-state index in [1.165, 1.54) is 12.5 Å². The molecular weight excluding hydrogens is 302 g/mol. The van der Waals surface area contributed by atoms with Gasteiger partial charge in [0.05, 0.1) is 23.6 Å². The van der Waals surface area contributed by atoms with Crippen LogP contribution in [0.25, 0.3) is 0 Å². The van der Waals surface area contributed by atoms with Crippen LogP contribution in [0, 0.1) is 0 Å². The summed E-state index contributed by atoms with van der Waals surface area (Å²) in [6.07, 6.45) is 5.12. The fourth-order valence-corrected chi connectivity index (χ4v) is 2.70. The average molecular weight is 314 g/mol. The third kappa shape index (κ3) is 3.01. The molecule has 0 fully saturated rings. The van der Waals surface area contributed by atoms with Gasteiger partial charge in [-0.1, -0.05) is 6.92 Å². The second-order valence-electron chi connectivity index (χ2n) is 3.66. The van der Waals surface area contributed by atoms with Crippen LogP contribution in [0.3, 0.4) is 0 Å². The lowest BCUT2D eigenvalue weighted by Crippen LogP contribution is -2.21. The third-order valence-electron chi connectivity index (χ3n) is 2.25. The molecule has 0 radical (unpaired) electrons. The Bertz CT molecular complexity index is 564. The molecule has 2 aromatic heterocycles. The summed E-state index contributed by atoms with van der Waals surface area (Å²) in [6.45, 7) is 2.61. The quantitative estimate of drug-likeness (QED) is 0.871. The summed E-state index contributed by atoms with van der Waals surface area (Å²) in [5.41, 5.74) is 0.838. The number of aryl methyl sites for hydroxylation is 1. The fourth-order valence-electron chi connectivity index (χ4n) is 1.46. The highest BCUT2D eigenvalue weighted by Gasteiger charge is 2.05. The van der Waals surface area contributed by atoms with Crippen LogP contribution in [0.15, 0.2) is 27.2 Å². The van der Waals surface area contributed by atoms with Gasteiger partial charge >= 0.3 is 0 Å². The molecule has 90 valence electrons. The fraction of sp³-hybridized carbons (Fsp3) is 0.364. The van der Waals surface area contributed by atoms with Gasteiger partial charge in [0.2, 0.25) is 0 Å². The van der Waals surface area contributed by atoms with E-state index in [0.29, 0.717) is 11.0 Å². The number of aromatic nitrogens is 3. The molecule has 0 aromatic carbocycles. The maximum Gasteiger partial charge on any atom is 0.267 e. The van der Waals surface area contributed by atoms with Crippen molar-refractivity contribution in [2.75, 3.05) is 0 Å². The number of halogens is 1. The molecule has 0 unspecified atom stereocenters.